The molecule has 35 heavy (non-hydrogen) atoms. The Hall–Kier alpha value is -3.47. The minimum Gasteiger partial charge on any atom is -0.387 e. The Morgan fingerprint density at radius 1 is 1.06 bits per heavy atom. The number of carbonyl (C=O) groups excluding carboxylic acids is 2. The number of nitrogens with zero attached hydrogens (tertiary/aromatic N) is 1. The number of aryl methyl sites for hydroxylation is 1. The Morgan fingerprint density at radius 3 is 2.00 bits per heavy atom. The standard InChI is InChI=1S/C13H16N2.C9H12O.C8H17NO/c1-4-5-13(15-11(3)14)12-8-6-10(2)7-9-12;1-4-6-9(7-5-2)8(3)10;1-4-6-8(5-2)9-7(3)10/h4-9H,1H2,2-3H3,(H2,14,15);4-7H,1H2,2-3H3;8H,4-6H2,1-3H3,(H,9,10)/b13-5-;7-5-,9-6+;. The molecular weight excluding hydrogens is 434 g/mol. The van der Waals surface area contributed by atoms with E-state index in [2.05, 4.69) is 44.2 Å². The van der Waals surface area contributed by atoms with E-state index in [1.807, 2.05) is 43.3 Å². The molecular formula is C30H45N3O2. The van der Waals surface area contributed by atoms with Crippen LogP contribution in [0.15, 0.2) is 84.4 Å². The average molecular weight is 480 g/mol. The van der Waals surface area contributed by atoms with Crippen molar-refractivity contribution in [1.29, 1.82) is 0 Å². The summed E-state index contributed by atoms with van der Waals surface area (Å²) < 4.78 is 0. The van der Waals surface area contributed by atoms with Crippen molar-refractivity contribution in [2.75, 3.05) is 0 Å². The number of Topliss-reactive ketones (excluding diaryl/α,β-unsaturated/α-hetero) is 1. The highest BCUT2D eigenvalue weighted by Crippen LogP contribution is 2.16. The number of aliphatic imine (C=N–C) groups is 1. The van der Waals surface area contributed by atoms with Crippen LogP contribution >= 0.6 is 0 Å². The van der Waals surface area contributed by atoms with E-state index in [1.165, 1.54) is 12.5 Å². The molecule has 0 saturated carbocycles. The van der Waals surface area contributed by atoms with E-state index in [4.69, 9.17) is 5.73 Å². The molecule has 1 aromatic carbocycles. The molecule has 0 bridgehead atoms. The Balaban J connectivity index is 0. The first-order valence-electron chi connectivity index (χ1n) is 12.0. The number of carbonyl (C=O) groups is 2. The maximum Gasteiger partial charge on any atom is 0.217 e. The fraction of sp³-hybridized carbons (Fsp3) is 0.367. The lowest BCUT2D eigenvalue weighted by Gasteiger charge is -2.13. The monoisotopic (exact) mass is 479 g/mol. The highest BCUT2D eigenvalue weighted by molar-refractivity contribution is 5.96. The van der Waals surface area contributed by atoms with Crippen LogP contribution in [0.4, 0.5) is 0 Å². The molecule has 3 N–H and O–H groups in total. The van der Waals surface area contributed by atoms with Gasteiger partial charge in [0.15, 0.2) is 5.78 Å². The topological polar surface area (TPSA) is 84.6 Å². The second-order valence-electron chi connectivity index (χ2n) is 7.92. The van der Waals surface area contributed by atoms with Crippen molar-refractivity contribution in [3.05, 3.63) is 90.6 Å². The number of hydrogen-bond donors (Lipinski definition) is 2. The summed E-state index contributed by atoms with van der Waals surface area (Å²) >= 11 is 0. The maximum atomic E-state index is 10.8. The molecule has 1 aromatic rings. The fourth-order valence-electron chi connectivity index (χ4n) is 2.84. The number of benzene rings is 1. The molecule has 5 heteroatoms. The Labute approximate surface area is 213 Å². The van der Waals surface area contributed by atoms with Gasteiger partial charge in [-0.15, -0.1) is 0 Å². The number of amides is 1. The van der Waals surface area contributed by atoms with Crippen LogP contribution in [0, 0.1) is 6.92 Å². The summed E-state index contributed by atoms with van der Waals surface area (Å²) in [7, 11) is 0. The first-order chi connectivity index (χ1) is 16.6. The van der Waals surface area contributed by atoms with E-state index >= 15 is 0 Å². The highest BCUT2D eigenvalue weighted by Gasteiger charge is 2.04. The molecule has 1 atom stereocenters. The molecule has 0 aliphatic rings. The third kappa shape index (κ3) is 18.6. The average Bonchev–Trinajstić information content (AvgIpc) is 2.79. The zero-order valence-electron chi connectivity index (χ0n) is 22.7. The van der Waals surface area contributed by atoms with E-state index in [0.29, 0.717) is 17.5 Å². The van der Waals surface area contributed by atoms with Gasteiger partial charge in [0, 0.05) is 24.1 Å². The second-order valence-corrected chi connectivity index (χ2v) is 7.92. The quantitative estimate of drug-likeness (QED) is 0.166. The van der Waals surface area contributed by atoms with Crippen LogP contribution < -0.4 is 11.1 Å². The van der Waals surface area contributed by atoms with Gasteiger partial charge in [-0.25, -0.2) is 4.99 Å². The molecule has 0 saturated heterocycles. The molecule has 1 amide bonds. The summed E-state index contributed by atoms with van der Waals surface area (Å²) in [6, 6.07) is 8.54. The largest absolute Gasteiger partial charge is 0.387 e. The molecule has 0 aromatic heterocycles. The predicted octanol–water partition coefficient (Wildman–Crippen LogP) is 6.86. The summed E-state index contributed by atoms with van der Waals surface area (Å²) in [6.07, 6.45) is 13.7. The van der Waals surface area contributed by atoms with Gasteiger partial charge in [-0.1, -0.05) is 93.6 Å². The van der Waals surface area contributed by atoms with Gasteiger partial charge < -0.3 is 11.1 Å². The highest BCUT2D eigenvalue weighted by atomic mass is 16.1. The fourth-order valence-corrected chi connectivity index (χ4v) is 2.84. The summed E-state index contributed by atoms with van der Waals surface area (Å²) in [5, 5.41) is 2.89. The molecule has 0 heterocycles. The van der Waals surface area contributed by atoms with Crippen molar-refractivity contribution in [3.63, 3.8) is 0 Å². The van der Waals surface area contributed by atoms with Crippen molar-refractivity contribution in [2.45, 2.75) is 73.8 Å². The molecule has 0 aliphatic heterocycles. The number of allylic oxidation sites excluding steroid dienone is 7. The number of ketones is 1. The summed E-state index contributed by atoms with van der Waals surface area (Å²) in [5.41, 5.74) is 9.37. The van der Waals surface area contributed by atoms with E-state index in [0.717, 1.165) is 30.5 Å². The number of amidine groups is 1. The van der Waals surface area contributed by atoms with E-state index < -0.39 is 0 Å². The Morgan fingerprint density at radius 2 is 1.63 bits per heavy atom. The molecule has 0 fully saturated rings. The molecule has 1 rings (SSSR count). The van der Waals surface area contributed by atoms with Crippen LogP contribution in [0.1, 0.15) is 71.9 Å². The first kappa shape index (κ1) is 33.7. The van der Waals surface area contributed by atoms with Gasteiger partial charge in [0.05, 0.1) is 11.5 Å². The SMILES string of the molecule is C=C/C=C(\C=C/C)C(C)=O.C=C/C=C(\N=C(C)N)c1ccc(C)cc1.CCCC(CC)NC(C)=O. The maximum absolute atomic E-state index is 10.8. The normalized spacial score (nSPS) is 12.5. The van der Waals surface area contributed by atoms with Gasteiger partial charge in [-0.05, 0) is 46.6 Å². The number of rotatable bonds is 10. The third-order valence-corrected chi connectivity index (χ3v) is 4.51. The lowest BCUT2D eigenvalue weighted by Crippen LogP contribution is -2.32. The van der Waals surface area contributed by atoms with Crippen LogP contribution in [0.25, 0.3) is 5.70 Å². The van der Waals surface area contributed by atoms with Crippen molar-refractivity contribution in [2.24, 2.45) is 10.7 Å². The molecule has 0 spiro atoms. The zero-order valence-corrected chi connectivity index (χ0v) is 22.7. The molecule has 0 aliphatic carbocycles. The zero-order chi connectivity index (χ0) is 27.2. The van der Waals surface area contributed by atoms with Crippen LogP contribution in [-0.4, -0.2) is 23.6 Å². The molecule has 1 unspecified atom stereocenters. The summed E-state index contributed by atoms with van der Waals surface area (Å²) in [6.45, 7) is 20.2. The Kier molecular flexibility index (Phi) is 20.3. The van der Waals surface area contributed by atoms with Gasteiger partial charge in [-0.3, -0.25) is 9.59 Å². The van der Waals surface area contributed by atoms with Crippen LogP contribution in [0.5, 0.6) is 0 Å². The summed E-state index contributed by atoms with van der Waals surface area (Å²) in [5.74, 6) is 0.696. The minimum absolute atomic E-state index is 0.0676. The van der Waals surface area contributed by atoms with Crippen LogP contribution in [-0.2, 0) is 9.59 Å². The van der Waals surface area contributed by atoms with Crippen molar-refractivity contribution < 1.29 is 9.59 Å². The number of nitrogens with one attached hydrogen (secondary N) is 1. The summed E-state index contributed by atoms with van der Waals surface area (Å²) in [4.78, 5) is 25.6. The first-order valence-corrected chi connectivity index (χ1v) is 12.0. The molecule has 192 valence electrons. The lowest BCUT2D eigenvalue weighted by atomic mass is 10.1. The van der Waals surface area contributed by atoms with Gasteiger partial charge >= 0.3 is 0 Å². The second kappa shape index (κ2) is 21.1. The smallest absolute Gasteiger partial charge is 0.217 e. The number of nitrogens with two attached hydrogens (primary N) is 1. The van der Waals surface area contributed by atoms with Crippen molar-refractivity contribution in [3.8, 4) is 0 Å². The predicted molar refractivity (Wildman–Crippen MR) is 153 cm³/mol. The minimum atomic E-state index is 0.0676. The van der Waals surface area contributed by atoms with Gasteiger partial charge in [0.2, 0.25) is 5.91 Å². The van der Waals surface area contributed by atoms with Crippen molar-refractivity contribution in [1.82, 2.24) is 5.32 Å². The van der Waals surface area contributed by atoms with Crippen LogP contribution in [0.3, 0.4) is 0 Å². The number of hydrogen-bond acceptors (Lipinski definition) is 3. The van der Waals surface area contributed by atoms with E-state index in [9.17, 15) is 9.59 Å². The van der Waals surface area contributed by atoms with Crippen LogP contribution in [0.2, 0.25) is 0 Å². The van der Waals surface area contributed by atoms with Gasteiger partial charge in [-0.2, -0.15) is 0 Å². The van der Waals surface area contributed by atoms with Gasteiger partial charge in [0.1, 0.15) is 0 Å². The molecule has 0 radical (unpaired) electrons. The lowest BCUT2D eigenvalue weighted by molar-refractivity contribution is -0.119. The van der Waals surface area contributed by atoms with E-state index in [-0.39, 0.29) is 11.7 Å². The van der Waals surface area contributed by atoms with E-state index in [1.54, 1.807) is 38.2 Å². The third-order valence-electron chi connectivity index (χ3n) is 4.51. The Bertz CT molecular complexity index is 900. The van der Waals surface area contributed by atoms with Crippen molar-refractivity contribution >= 4 is 23.2 Å². The molecule has 5 nitrogen and oxygen atoms in total. The van der Waals surface area contributed by atoms with Gasteiger partial charge in [0.25, 0.3) is 0 Å².